The van der Waals surface area contributed by atoms with E-state index in [0.29, 0.717) is 11.0 Å². The van der Waals surface area contributed by atoms with Gasteiger partial charge in [-0.3, -0.25) is 9.59 Å². The van der Waals surface area contributed by atoms with Crippen molar-refractivity contribution in [2.75, 3.05) is 4.90 Å². The molecule has 2 amide bonds. The Morgan fingerprint density at radius 3 is 1.66 bits per heavy atom. The number of alkyl halides is 7. The van der Waals surface area contributed by atoms with Crippen LogP contribution in [-0.4, -0.2) is 33.4 Å². The fourth-order valence-corrected chi connectivity index (χ4v) is 3.80. The van der Waals surface area contributed by atoms with Gasteiger partial charge in [0.05, 0.1) is 21.7 Å². The van der Waals surface area contributed by atoms with E-state index in [1.807, 2.05) is 0 Å². The van der Waals surface area contributed by atoms with E-state index in [4.69, 9.17) is 0 Å². The molecule has 2 aromatic rings. The third kappa shape index (κ3) is 3.02. The highest BCUT2D eigenvalue weighted by Gasteiger charge is 2.76. The number of anilines is 1. The molecule has 2 aromatic carbocycles. The van der Waals surface area contributed by atoms with E-state index in [0.717, 1.165) is 18.2 Å². The first-order valence-electron chi connectivity index (χ1n) is 7.63. The molecule has 0 saturated carbocycles. The number of hydrogen-bond donors (Lipinski definition) is 0. The lowest BCUT2D eigenvalue weighted by atomic mass is 10.1. The van der Waals surface area contributed by atoms with Crippen LogP contribution in [0.2, 0.25) is 0 Å². The SMILES string of the molecule is O=C1c2ccccc2C(=O)N1c1ccccc1S(=O)C(F)(F)C(F)(F)C(F)(F)F. The van der Waals surface area contributed by atoms with E-state index in [1.165, 1.54) is 24.3 Å². The van der Waals surface area contributed by atoms with Crippen molar-refractivity contribution in [2.24, 2.45) is 0 Å². The van der Waals surface area contributed by atoms with Crippen LogP contribution in [0, 0.1) is 0 Å². The topological polar surface area (TPSA) is 54.5 Å². The molecule has 0 N–H and O–H groups in total. The molecule has 4 nitrogen and oxygen atoms in total. The number of rotatable bonds is 4. The highest BCUT2D eigenvalue weighted by atomic mass is 32.2. The summed E-state index contributed by atoms with van der Waals surface area (Å²) in [6.45, 7) is 0. The third-order valence-electron chi connectivity index (χ3n) is 4.05. The molecule has 0 fully saturated rings. The van der Waals surface area contributed by atoms with Crippen molar-refractivity contribution in [3.8, 4) is 0 Å². The number of amides is 2. The van der Waals surface area contributed by atoms with Crippen molar-refractivity contribution < 1.29 is 44.5 Å². The second-order valence-electron chi connectivity index (χ2n) is 5.82. The number of fused-ring (bicyclic) bond motifs is 1. The van der Waals surface area contributed by atoms with Gasteiger partial charge in [0, 0.05) is 0 Å². The van der Waals surface area contributed by atoms with Crippen molar-refractivity contribution in [3.63, 3.8) is 0 Å². The average molecular weight is 439 g/mol. The molecule has 1 atom stereocenters. The van der Waals surface area contributed by atoms with Gasteiger partial charge in [-0.2, -0.15) is 30.7 Å². The predicted molar refractivity (Wildman–Crippen MR) is 86.4 cm³/mol. The number of carbonyl (C=O) groups excluding carboxylic acids is 2. The summed E-state index contributed by atoms with van der Waals surface area (Å²) in [6.07, 6.45) is -6.68. The molecular weight excluding hydrogens is 431 g/mol. The molecule has 0 bridgehead atoms. The van der Waals surface area contributed by atoms with Crippen molar-refractivity contribution in [1.29, 1.82) is 0 Å². The van der Waals surface area contributed by atoms with Crippen LogP contribution in [0.25, 0.3) is 0 Å². The van der Waals surface area contributed by atoms with E-state index in [9.17, 15) is 44.5 Å². The first kappa shape index (κ1) is 21.0. The van der Waals surface area contributed by atoms with Crippen molar-refractivity contribution >= 4 is 28.3 Å². The Kier molecular flexibility index (Phi) is 4.80. The molecule has 1 heterocycles. The van der Waals surface area contributed by atoms with E-state index >= 15 is 0 Å². The zero-order valence-corrected chi connectivity index (χ0v) is 14.7. The van der Waals surface area contributed by atoms with Crippen LogP contribution in [0.1, 0.15) is 20.7 Å². The summed E-state index contributed by atoms with van der Waals surface area (Å²) >= 11 is 0. The molecule has 0 aliphatic carbocycles. The Morgan fingerprint density at radius 2 is 1.17 bits per heavy atom. The zero-order chi connectivity index (χ0) is 21.8. The number of halogens is 7. The van der Waals surface area contributed by atoms with Crippen LogP contribution in [0.3, 0.4) is 0 Å². The van der Waals surface area contributed by atoms with Crippen molar-refractivity contribution in [3.05, 3.63) is 59.7 Å². The summed E-state index contributed by atoms with van der Waals surface area (Å²) in [5.74, 6) is -8.68. The highest BCUT2D eigenvalue weighted by Crippen LogP contribution is 2.50. The van der Waals surface area contributed by atoms with Gasteiger partial charge in [-0.25, -0.2) is 9.11 Å². The molecule has 0 radical (unpaired) electrons. The number of para-hydroxylation sites is 1. The minimum Gasteiger partial charge on any atom is -0.268 e. The van der Waals surface area contributed by atoms with Crippen LogP contribution < -0.4 is 4.90 Å². The second kappa shape index (κ2) is 6.65. The van der Waals surface area contributed by atoms with Gasteiger partial charge in [-0.15, -0.1) is 0 Å². The molecule has 0 spiro atoms. The van der Waals surface area contributed by atoms with Crippen LogP contribution in [-0.2, 0) is 10.8 Å². The van der Waals surface area contributed by atoms with Gasteiger partial charge in [0.15, 0.2) is 0 Å². The molecule has 12 heteroatoms. The molecule has 0 saturated heterocycles. The quantitative estimate of drug-likeness (QED) is 0.525. The summed E-state index contributed by atoms with van der Waals surface area (Å²) in [7, 11) is -4.26. The fourth-order valence-electron chi connectivity index (χ4n) is 2.63. The van der Waals surface area contributed by atoms with E-state index in [1.54, 1.807) is 0 Å². The predicted octanol–water partition coefficient (Wildman–Crippen LogP) is 4.39. The highest BCUT2D eigenvalue weighted by molar-refractivity contribution is 7.86. The van der Waals surface area contributed by atoms with Gasteiger partial charge >= 0.3 is 17.4 Å². The second-order valence-corrected chi connectivity index (χ2v) is 7.31. The van der Waals surface area contributed by atoms with Gasteiger partial charge in [-0.05, 0) is 24.3 Å². The van der Waals surface area contributed by atoms with Crippen LogP contribution >= 0.6 is 0 Å². The summed E-state index contributed by atoms with van der Waals surface area (Å²) < 4.78 is 104. The molecule has 1 aliphatic heterocycles. The van der Waals surface area contributed by atoms with Gasteiger partial charge < -0.3 is 0 Å². The van der Waals surface area contributed by atoms with Gasteiger partial charge in [0.2, 0.25) is 0 Å². The lowest BCUT2D eigenvalue weighted by Gasteiger charge is -2.28. The normalized spacial score (nSPS) is 16.2. The number of benzene rings is 2. The maximum atomic E-state index is 13.9. The van der Waals surface area contributed by atoms with Gasteiger partial charge in [0.1, 0.15) is 10.8 Å². The van der Waals surface area contributed by atoms with Gasteiger partial charge in [-0.1, -0.05) is 24.3 Å². The summed E-state index contributed by atoms with van der Waals surface area (Å²) in [5.41, 5.74) is -1.05. The zero-order valence-electron chi connectivity index (χ0n) is 13.8. The Bertz CT molecular complexity index is 1000. The maximum absolute atomic E-state index is 13.9. The summed E-state index contributed by atoms with van der Waals surface area (Å²) in [6, 6.07) is 8.75. The Morgan fingerprint density at radius 1 is 0.724 bits per heavy atom. The largest absolute Gasteiger partial charge is 0.461 e. The third-order valence-corrected chi connectivity index (χ3v) is 5.52. The Labute approximate surface area is 160 Å². The van der Waals surface area contributed by atoms with Gasteiger partial charge in [0.25, 0.3) is 11.8 Å². The number of nitrogens with zero attached hydrogens (tertiary/aromatic N) is 1. The number of carbonyl (C=O) groups is 2. The standard InChI is InChI=1S/C17H8F7NO3S/c18-15(19,16(20,21)22)17(23,24)29(28)12-8-4-3-7-11(12)25-13(26)9-5-1-2-6-10(9)14(25)27/h1-8H. The Balaban J connectivity index is 2.11. The first-order valence-corrected chi connectivity index (χ1v) is 8.78. The monoisotopic (exact) mass is 439 g/mol. The fraction of sp³-hybridized carbons (Fsp3) is 0.176. The molecule has 3 rings (SSSR count). The maximum Gasteiger partial charge on any atom is 0.461 e. The van der Waals surface area contributed by atoms with Crippen LogP contribution in [0.4, 0.5) is 36.4 Å². The molecule has 154 valence electrons. The molecule has 29 heavy (non-hydrogen) atoms. The smallest absolute Gasteiger partial charge is 0.268 e. The number of imide groups is 1. The van der Waals surface area contributed by atoms with E-state index in [2.05, 4.69) is 0 Å². The lowest BCUT2D eigenvalue weighted by Crippen LogP contribution is -2.54. The first-order chi connectivity index (χ1) is 13.3. The molecular formula is C17H8F7NO3S. The summed E-state index contributed by atoms with van der Waals surface area (Å²) in [4.78, 5) is 24.0. The molecule has 1 aliphatic rings. The average Bonchev–Trinajstić information content (AvgIpc) is 2.91. The van der Waals surface area contributed by atoms with E-state index in [-0.39, 0.29) is 11.1 Å². The van der Waals surface area contributed by atoms with Crippen LogP contribution in [0.5, 0.6) is 0 Å². The summed E-state index contributed by atoms with van der Waals surface area (Å²) in [5, 5.41) is -6.07. The van der Waals surface area contributed by atoms with Crippen LogP contribution in [0.15, 0.2) is 53.4 Å². The number of hydrogen-bond acceptors (Lipinski definition) is 3. The molecule has 1 unspecified atom stereocenters. The molecule has 0 aromatic heterocycles. The minimum atomic E-state index is -6.68. The van der Waals surface area contributed by atoms with Crippen molar-refractivity contribution in [1.82, 2.24) is 0 Å². The minimum absolute atomic E-state index is 0.134. The van der Waals surface area contributed by atoms with E-state index < -0.39 is 50.6 Å². The van der Waals surface area contributed by atoms with Crippen molar-refractivity contribution in [2.45, 2.75) is 22.2 Å². The lowest BCUT2D eigenvalue weighted by molar-refractivity contribution is -0.331. The Hall–Kier alpha value is -2.76.